The van der Waals surface area contributed by atoms with Gasteiger partial charge in [0.1, 0.15) is 5.75 Å². The quantitative estimate of drug-likeness (QED) is 0.894. The molecule has 108 valence electrons. The molecule has 1 atom stereocenters. The maximum atomic E-state index is 12.4. The van der Waals surface area contributed by atoms with E-state index in [4.69, 9.17) is 4.74 Å². The van der Waals surface area contributed by atoms with E-state index in [0.717, 1.165) is 0 Å². The molecule has 5 nitrogen and oxygen atoms in total. The topological polar surface area (TPSA) is 58.6 Å². The van der Waals surface area contributed by atoms with E-state index in [1.54, 1.807) is 18.2 Å². The van der Waals surface area contributed by atoms with Crippen LogP contribution in [0.1, 0.15) is 23.2 Å². The molecule has 2 rings (SSSR count). The molecule has 0 bridgehead atoms. The molecule has 0 aromatic heterocycles. The molecule has 20 heavy (non-hydrogen) atoms. The summed E-state index contributed by atoms with van der Waals surface area (Å²) in [6, 6.07) is 6.66. The van der Waals surface area contributed by atoms with Crippen LogP contribution in [0.15, 0.2) is 24.3 Å². The van der Waals surface area contributed by atoms with Crippen LogP contribution in [0, 0.1) is 0 Å². The number of fused-ring (bicyclic) bond motifs is 1. The number of ether oxygens (including phenoxy) is 1. The molecule has 1 amide bonds. The second-order valence-electron chi connectivity index (χ2n) is 5.17. The second kappa shape index (κ2) is 6.52. The van der Waals surface area contributed by atoms with Gasteiger partial charge in [-0.15, -0.1) is 0 Å². The average molecular weight is 276 g/mol. The fourth-order valence-electron chi connectivity index (χ4n) is 2.13. The molecule has 0 saturated carbocycles. The Bertz CT molecular complexity index is 500. The number of hydrogen-bond acceptors (Lipinski definition) is 4. The van der Waals surface area contributed by atoms with Crippen molar-refractivity contribution >= 4 is 11.7 Å². The molecule has 0 spiro atoms. The Hall–Kier alpha value is -1.88. The maximum absolute atomic E-state index is 12.4. The molecule has 1 aromatic carbocycles. The second-order valence-corrected chi connectivity index (χ2v) is 5.17. The van der Waals surface area contributed by atoms with Crippen molar-refractivity contribution in [2.75, 3.05) is 27.2 Å². The predicted molar refractivity (Wildman–Crippen MR) is 76.0 cm³/mol. The lowest BCUT2D eigenvalue weighted by molar-refractivity contribution is -0.121. The first-order chi connectivity index (χ1) is 9.58. The van der Waals surface area contributed by atoms with Crippen molar-refractivity contribution in [3.8, 4) is 5.75 Å². The molecule has 1 aromatic rings. The van der Waals surface area contributed by atoms with Crippen LogP contribution in [0.25, 0.3) is 0 Å². The van der Waals surface area contributed by atoms with Crippen molar-refractivity contribution in [2.24, 2.45) is 0 Å². The van der Waals surface area contributed by atoms with Crippen LogP contribution in [-0.4, -0.2) is 49.9 Å². The van der Waals surface area contributed by atoms with Gasteiger partial charge in [-0.2, -0.15) is 0 Å². The first-order valence-corrected chi connectivity index (χ1v) is 6.78. The number of hydrogen-bond donors (Lipinski definition) is 1. The third-order valence-electron chi connectivity index (χ3n) is 3.25. The van der Waals surface area contributed by atoms with Crippen LogP contribution in [0.2, 0.25) is 0 Å². The van der Waals surface area contributed by atoms with Gasteiger partial charge in [-0.3, -0.25) is 9.59 Å². The standard InChI is InChI=1S/C15H20N2O3/c1-17(2)9-7-14(18)16-12-8-10-20-13-6-4-3-5-11(13)15(12)19/h3-6,12H,7-10H2,1-2H3,(H,16,18). The summed E-state index contributed by atoms with van der Waals surface area (Å²) in [4.78, 5) is 26.2. The number of nitrogens with zero attached hydrogens (tertiary/aromatic N) is 1. The third kappa shape index (κ3) is 3.57. The molecule has 1 unspecified atom stereocenters. The van der Waals surface area contributed by atoms with Gasteiger partial charge >= 0.3 is 0 Å². The van der Waals surface area contributed by atoms with E-state index in [-0.39, 0.29) is 11.7 Å². The zero-order valence-electron chi connectivity index (χ0n) is 11.9. The molecule has 1 aliphatic rings. The molecule has 0 saturated heterocycles. The zero-order chi connectivity index (χ0) is 14.5. The van der Waals surface area contributed by atoms with Gasteiger partial charge in [-0.1, -0.05) is 12.1 Å². The number of para-hydroxylation sites is 1. The van der Waals surface area contributed by atoms with Crippen LogP contribution in [0.4, 0.5) is 0 Å². The van der Waals surface area contributed by atoms with E-state index < -0.39 is 6.04 Å². The summed E-state index contributed by atoms with van der Waals surface area (Å²) in [5.74, 6) is 0.426. The van der Waals surface area contributed by atoms with Crippen LogP contribution in [0.5, 0.6) is 5.75 Å². The Balaban J connectivity index is 2.03. The highest BCUT2D eigenvalue weighted by Crippen LogP contribution is 2.23. The minimum atomic E-state index is -0.492. The van der Waals surface area contributed by atoms with E-state index >= 15 is 0 Å². The summed E-state index contributed by atoms with van der Waals surface area (Å²) < 4.78 is 5.55. The first-order valence-electron chi connectivity index (χ1n) is 6.78. The highest BCUT2D eigenvalue weighted by molar-refractivity contribution is 6.04. The van der Waals surface area contributed by atoms with Gasteiger partial charge in [0.05, 0.1) is 18.2 Å². The number of amides is 1. The van der Waals surface area contributed by atoms with Crippen molar-refractivity contribution in [3.63, 3.8) is 0 Å². The third-order valence-corrected chi connectivity index (χ3v) is 3.25. The number of Topliss-reactive ketones (excluding diaryl/α,β-unsaturated/α-hetero) is 1. The van der Waals surface area contributed by atoms with E-state index in [9.17, 15) is 9.59 Å². The Morgan fingerprint density at radius 3 is 2.90 bits per heavy atom. The Kier molecular flexibility index (Phi) is 4.74. The van der Waals surface area contributed by atoms with Crippen LogP contribution in [0.3, 0.4) is 0 Å². The fraction of sp³-hybridized carbons (Fsp3) is 0.467. The van der Waals surface area contributed by atoms with Gasteiger partial charge < -0.3 is 15.0 Å². The highest BCUT2D eigenvalue weighted by Gasteiger charge is 2.27. The SMILES string of the molecule is CN(C)CCC(=O)NC1CCOc2ccccc2C1=O. The monoisotopic (exact) mass is 276 g/mol. The number of benzene rings is 1. The van der Waals surface area contributed by atoms with Gasteiger partial charge in [-0.25, -0.2) is 0 Å². The van der Waals surface area contributed by atoms with Crippen LogP contribution >= 0.6 is 0 Å². The number of nitrogens with one attached hydrogen (secondary N) is 1. The number of rotatable bonds is 4. The Morgan fingerprint density at radius 1 is 1.40 bits per heavy atom. The van der Waals surface area contributed by atoms with Crippen molar-refractivity contribution in [1.82, 2.24) is 10.2 Å². The Morgan fingerprint density at radius 2 is 2.15 bits per heavy atom. The maximum Gasteiger partial charge on any atom is 0.221 e. The lowest BCUT2D eigenvalue weighted by Crippen LogP contribution is -2.41. The number of carbonyl (C=O) groups excluding carboxylic acids is 2. The zero-order valence-corrected chi connectivity index (χ0v) is 11.9. The van der Waals surface area contributed by atoms with Crippen LogP contribution in [-0.2, 0) is 4.79 Å². The minimum absolute atomic E-state index is 0.0729. The van der Waals surface area contributed by atoms with Crippen LogP contribution < -0.4 is 10.1 Å². The van der Waals surface area contributed by atoms with Gasteiger partial charge in [0, 0.05) is 19.4 Å². The molecular weight excluding hydrogens is 256 g/mol. The lowest BCUT2D eigenvalue weighted by Gasteiger charge is -2.16. The van der Waals surface area contributed by atoms with Gasteiger partial charge in [0.2, 0.25) is 5.91 Å². The van der Waals surface area contributed by atoms with E-state index in [1.807, 2.05) is 25.1 Å². The van der Waals surface area contributed by atoms with Gasteiger partial charge in [0.15, 0.2) is 5.78 Å². The number of ketones is 1. The van der Waals surface area contributed by atoms with Crippen molar-refractivity contribution in [3.05, 3.63) is 29.8 Å². The molecular formula is C15H20N2O3. The van der Waals surface area contributed by atoms with Crippen molar-refractivity contribution < 1.29 is 14.3 Å². The van der Waals surface area contributed by atoms with Crippen molar-refractivity contribution in [2.45, 2.75) is 18.9 Å². The lowest BCUT2D eigenvalue weighted by atomic mass is 10.0. The summed E-state index contributed by atoms with van der Waals surface area (Å²) in [5, 5.41) is 2.81. The van der Waals surface area contributed by atoms with E-state index in [1.165, 1.54) is 0 Å². The molecule has 0 aliphatic carbocycles. The van der Waals surface area contributed by atoms with Gasteiger partial charge in [0.25, 0.3) is 0 Å². The molecule has 0 fully saturated rings. The average Bonchev–Trinajstić information content (AvgIpc) is 2.58. The first kappa shape index (κ1) is 14.5. The van der Waals surface area contributed by atoms with E-state index in [0.29, 0.717) is 37.3 Å². The van der Waals surface area contributed by atoms with Crippen molar-refractivity contribution in [1.29, 1.82) is 0 Å². The molecule has 0 radical (unpaired) electrons. The largest absolute Gasteiger partial charge is 0.493 e. The predicted octanol–water partition coefficient (Wildman–Crippen LogP) is 1.09. The number of carbonyl (C=O) groups is 2. The minimum Gasteiger partial charge on any atom is -0.493 e. The molecule has 5 heteroatoms. The van der Waals surface area contributed by atoms with Gasteiger partial charge in [-0.05, 0) is 26.2 Å². The molecule has 1 heterocycles. The normalized spacial score (nSPS) is 18.1. The molecule has 1 N–H and O–H groups in total. The Labute approximate surface area is 118 Å². The molecule has 1 aliphatic heterocycles. The fourth-order valence-corrected chi connectivity index (χ4v) is 2.13. The summed E-state index contributed by atoms with van der Waals surface area (Å²) in [7, 11) is 3.82. The highest BCUT2D eigenvalue weighted by atomic mass is 16.5. The summed E-state index contributed by atoms with van der Waals surface area (Å²) >= 11 is 0. The smallest absolute Gasteiger partial charge is 0.221 e. The summed E-state index contributed by atoms with van der Waals surface area (Å²) in [5.41, 5.74) is 0.544. The summed E-state index contributed by atoms with van der Waals surface area (Å²) in [6.45, 7) is 1.10. The van der Waals surface area contributed by atoms with E-state index in [2.05, 4.69) is 5.32 Å². The summed E-state index contributed by atoms with van der Waals surface area (Å²) in [6.07, 6.45) is 0.889.